The minimum absolute atomic E-state index is 0.546. The first-order chi connectivity index (χ1) is 6.20. The van der Waals surface area contributed by atoms with E-state index >= 15 is 0 Å². The van der Waals surface area contributed by atoms with E-state index in [4.69, 9.17) is 0 Å². The molecule has 1 aromatic heterocycles. The summed E-state index contributed by atoms with van der Waals surface area (Å²) in [6.07, 6.45) is 1.39. The average molecular weight is 246 g/mol. The summed E-state index contributed by atoms with van der Waals surface area (Å²) >= 11 is 3.30. The molecule has 13 heavy (non-hydrogen) atoms. The number of alkyl halides is 2. The molecule has 0 saturated heterocycles. The van der Waals surface area contributed by atoms with Crippen LogP contribution in [0, 0.1) is 0 Å². The van der Waals surface area contributed by atoms with Crippen LogP contribution in [-0.4, -0.2) is 4.57 Å². The van der Waals surface area contributed by atoms with E-state index < -0.39 is 6.55 Å². The van der Waals surface area contributed by atoms with Gasteiger partial charge < -0.3 is 0 Å². The molecule has 1 nitrogen and oxygen atoms in total. The predicted octanol–water partition coefficient (Wildman–Crippen LogP) is 3.80. The largest absolute Gasteiger partial charge is 0.319 e. The molecule has 0 atom stereocenters. The fraction of sp³-hybridized carbons (Fsp3) is 0.111. The first kappa shape index (κ1) is 8.69. The lowest BCUT2D eigenvalue weighted by Crippen LogP contribution is -1.94. The van der Waals surface area contributed by atoms with Crippen LogP contribution in [0.25, 0.3) is 10.9 Å². The molecule has 4 heteroatoms. The first-order valence-corrected chi connectivity index (χ1v) is 4.52. The van der Waals surface area contributed by atoms with Crippen LogP contribution in [0.5, 0.6) is 0 Å². The molecule has 0 saturated carbocycles. The van der Waals surface area contributed by atoms with Crippen molar-refractivity contribution in [3.8, 4) is 0 Å². The summed E-state index contributed by atoms with van der Waals surface area (Å²) in [7, 11) is 0. The minimum Gasteiger partial charge on any atom is -0.291 e. The lowest BCUT2D eigenvalue weighted by atomic mass is 10.2. The van der Waals surface area contributed by atoms with Crippen LogP contribution in [0.15, 0.2) is 34.9 Å². The molecule has 0 bridgehead atoms. The molecule has 0 aliphatic rings. The van der Waals surface area contributed by atoms with Crippen molar-refractivity contribution < 1.29 is 8.78 Å². The Hall–Kier alpha value is -0.900. The fourth-order valence-corrected chi connectivity index (χ4v) is 1.81. The number of aromatic nitrogens is 1. The molecule has 0 N–H and O–H groups in total. The predicted molar refractivity (Wildman–Crippen MR) is 50.9 cm³/mol. The molecular formula is C9H6BrF2N. The van der Waals surface area contributed by atoms with Gasteiger partial charge >= 0.3 is 6.55 Å². The Kier molecular flexibility index (Phi) is 2.07. The summed E-state index contributed by atoms with van der Waals surface area (Å²) in [6, 6.07) is 6.92. The van der Waals surface area contributed by atoms with Gasteiger partial charge in [-0.1, -0.05) is 22.0 Å². The van der Waals surface area contributed by atoms with Crippen LogP contribution >= 0.6 is 15.9 Å². The number of fused-ring (bicyclic) bond motifs is 1. The molecule has 2 rings (SSSR count). The highest BCUT2D eigenvalue weighted by atomic mass is 79.9. The molecule has 0 fully saturated rings. The van der Waals surface area contributed by atoms with E-state index in [0.717, 1.165) is 14.4 Å². The molecule has 0 amide bonds. The zero-order valence-electron chi connectivity index (χ0n) is 6.55. The molecule has 1 aromatic carbocycles. The Labute approximate surface area is 82.1 Å². The Morgan fingerprint density at radius 1 is 1.23 bits per heavy atom. The van der Waals surface area contributed by atoms with Crippen LogP contribution in [0.4, 0.5) is 8.78 Å². The molecule has 0 aliphatic carbocycles. The number of benzene rings is 1. The van der Waals surface area contributed by atoms with Gasteiger partial charge in [0.05, 0.1) is 5.52 Å². The van der Waals surface area contributed by atoms with Gasteiger partial charge in [-0.15, -0.1) is 0 Å². The summed E-state index contributed by atoms with van der Waals surface area (Å²) in [5.74, 6) is 0. The lowest BCUT2D eigenvalue weighted by molar-refractivity contribution is 0.0752. The van der Waals surface area contributed by atoms with Gasteiger partial charge in [-0.25, -0.2) is 0 Å². The van der Waals surface area contributed by atoms with Crippen LogP contribution in [0.2, 0.25) is 0 Å². The molecule has 2 aromatic rings. The standard InChI is InChI=1S/C9H6BrF2N/c10-7-2-1-3-8-6(7)4-5-13(8)9(11)12/h1-5,9H. The van der Waals surface area contributed by atoms with E-state index in [1.807, 2.05) is 6.07 Å². The van der Waals surface area contributed by atoms with Gasteiger partial charge in [-0.2, -0.15) is 8.78 Å². The van der Waals surface area contributed by atoms with Crippen molar-refractivity contribution in [2.45, 2.75) is 6.55 Å². The normalized spacial score (nSPS) is 11.4. The quantitative estimate of drug-likeness (QED) is 0.721. The van der Waals surface area contributed by atoms with Gasteiger partial charge in [0.2, 0.25) is 0 Å². The van der Waals surface area contributed by atoms with Gasteiger partial charge in [0.15, 0.2) is 0 Å². The molecule has 0 unspecified atom stereocenters. The van der Waals surface area contributed by atoms with E-state index in [1.165, 1.54) is 6.20 Å². The number of halogens is 3. The van der Waals surface area contributed by atoms with Crippen molar-refractivity contribution in [2.75, 3.05) is 0 Å². The molecular weight excluding hydrogens is 240 g/mol. The maximum atomic E-state index is 12.4. The zero-order chi connectivity index (χ0) is 9.42. The van der Waals surface area contributed by atoms with Crippen molar-refractivity contribution in [2.24, 2.45) is 0 Å². The van der Waals surface area contributed by atoms with Crippen LogP contribution < -0.4 is 0 Å². The van der Waals surface area contributed by atoms with Crippen LogP contribution in [0.1, 0.15) is 6.55 Å². The highest BCUT2D eigenvalue weighted by Gasteiger charge is 2.09. The third kappa shape index (κ3) is 1.35. The Balaban J connectivity index is 2.75. The zero-order valence-corrected chi connectivity index (χ0v) is 8.13. The van der Waals surface area contributed by atoms with Crippen molar-refractivity contribution in [1.82, 2.24) is 4.57 Å². The second kappa shape index (κ2) is 3.10. The van der Waals surface area contributed by atoms with E-state index in [1.54, 1.807) is 18.2 Å². The topological polar surface area (TPSA) is 4.93 Å². The van der Waals surface area contributed by atoms with Crippen LogP contribution in [-0.2, 0) is 0 Å². The SMILES string of the molecule is FC(F)n1ccc2c(Br)cccc21. The van der Waals surface area contributed by atoms with Gasteiger partial charge in [0, 0.05) is 16.1 Å². The minimum atomic E-state index is -2.48. The third-order valence-corrected chi connectivity index (χ3v) is 2.61. The van der Waals surface area contributed by atoms with Crippen molar-refractivity contribution in [3.63, 3.8) is 0 Å². The smallest absolute Gasteiger partial charge is 0.291 e. The Morgan fingerprint density at radius 2 is 2.00 bits per heavy atom. The summed E-state index contributed by atoms with van der Waals surface area (Å²) < 4.78 is 26.6. The van der Waals surface area contributed by atoms with Gasteiger partial charge in [0.25, 0.3) is 0 Å². The number of hydrogen-bond donors (Lipinski definition) is 0. The lowest BCUT2D eigenvalue weighted by Gasteiger charge is -2.02. The second-order valence-corrected chi connectivity index (χ2v) is 3.53. The van der Waals surface area contributed by atoms with E-state index in [2.05, 4.69) is 15.9 Å². The third-order valence-electron chi connectivity index (χ3n) is 1.92. The second-order valence-electron chi connectivity index (χ2n) is 2.67. The Morgan fingerprint density at radius 3 is 2.69 bits per heavy atom. The average Bonchev–Trinajstić information content (AvgIpc) is 2.48. The molecule has 68 valence electrons. The molecule has 0 aliphatic heterocycles. The number of hydrogen-bond acceptors (Lipinski definition) is 0. The van der Waals surface area contributed by atoms with Crippen molar-refractivity contribution >= 4 is 26.8 Å². The summed E-state index contributed by atoms with van der Waals surface area (Å²) in [5, 5.41) is 0.808. The maximum absolute atomic E-state index is 12.4. The highest BCUT2D eigenvalue weighted by Crippen LogP contribution is 2.27. The monoisotopic (exact) mass is 245 g/mol. The Bertz CT molecular complexity index is 436. The van der Waals surface area contributed by atoms with Crippen molar-refractivity contribution in [3.05, 3.63) is 34.9 Å². The number of rotatable bonds is 1. The van der Waals surface area contributed by atoms with E-state index in [0.29, 0.717) is 5.52 Å². The van der Waals surface area contributed by atoms with Gasteiger partial charge in [0.1, 0.15) is 0 Å². The summed E-state index contributed by atoms with van der Waals surface area (Å²) in [5.41, 5.74) is 0.546. The van der Waals surface area contributed by atoms with Gasteiger partial charge in [-0.05, 0) is 18.2 Å². The molecule has 1 heterocycles. The highest BCUT2D eigenvalue weighted by molar-refractivity contribution is 9.10. The molecule has 0 radical (unpaired) electrons. The summed E-state index contributed by atoms with van der Waals surface area (Å²) in [4.78, 5) is 0. The van der Waals surface area contributed by atoms with Crippen molar-refractivity contribution in [1.29, 1.82) is 0 Å². The molecule has 0 spiro atoms. The fourth-order valence-electron chi connectivity index (χ4n) is 1.32. The van der Waals surface area contributed by atoms with E-state index in [9.17, 15) is 8.78 Å². The number of nitrogens with zero attached hydrogens (tertiary/aromatic N) is 1. The van der Waals surface area contributed by atoms with E-state index in [-0.39, 0.29) is 0 Å². The summed E-state index contributed by atoms with van der Waals surface area (Å²) in [6.45, 7) is -2.48. The first-order valence-electron chi connectivity index (χ1n) is 3.73. The van der Waals surface area contributed by atoms with Crippen LogP contribution in [0.3, 0.4) is 0 Å². The van der Waals surface area contributed by atoms with Gasteiger partial charge in [-0.3, -0.25) is 4.57 Å². The maximum Gasteiger partial charge on any atom is 0.319 e.